The number of nitrogens with zero attached hydrogens (tertiary/aromatic N) is 4. The van der Waals surface area contributed by atoms with Gasteiger partial charge in [-0.15, -0.1) is 0 Å². The van der Waals surface area contributed by atoms with Crippen LogP contribution in [0.25, 0.3) is 38.8 Å². The van der Waals surface area contributed by atoms with E-state index in [1.807, 2.05) is 24.4 Å². The van der Waals surface area contributed by atoms with Crippen LogP contribution in [-0.2, 0) is 50.5 Å². The molecule has 0 saturated heterocycles. The maximum absolute atomic E-state index is 6.53. The third kappa shape index (κ3) is 5.45. The average molecular weight is 832 g/mol. The SMILES string of the molecule is CC(C)(C)c1ccnc(-n2c3[c-]c(Oc4[c-]c(-n5cc6c7ccc(n6[c]5=[Pt])CCc5ccc(cc5)CC7)ccc4)ccc3c3ccccc32)c1. The Balaban J connectivity index is 1.10. The molecule has 0 atom stereocenters. The number of aryl methyl sites for hydroxylation is 4. The molecule has 0 fully saturated rings. The van der Waals surface area contributed by atoms with E-state index in [0.29, 0.717) is 11.5 Å². The number of aromatic nitrogens is 4. The van der Waals surface area contributed by atoms with Gasteiger partial charge in [-0.2, -0.15) is 0 Å². The predicted molar refractivity (Wildman–Crippen MR) is 196 cm³/mol. The van der Waals surface area contributed by atoms with Gasteiger partial charge in [0.1, 0.15) is 0 Å². The van der Waals surface area contributed by atoms with Crippen molar-refractivity contribution >= 4 is 27.3 Å². The van der Waals surface area contributed by atoms with Crippen molar-refractivity contribution in [2.24, 2.45) is 0 Å². The molecule has 6 heterocycles. The van der Waals surface area contributed by atoms with Crippen LogP contribution in [0.5, 0.6) is 11.5 Å². The summed E-state index contributed by atoms with van der Waals surface area (Å²) in [7, 11) is 0. The Kier molecular flexibility index (Phi) is 7.51. The summed E-state index contributed by atoms with van der Waals surface area (Å²) >= 11 is 2.46. The second kappa shape index (κ2) is 12.1. The first-order valence-electron chi connectivity index (χ1n) is 17.2. The van der Waals surface area contributed by atoms with Crippen LogP contribution in [-0.4, -0.2) is 18.5 Å². The number of hydrogen-bond donors (Lipinski definition) is 0. The zero-order chi connectivity index (χ0) is 34.0. The van der Waals surface area contributed by atoms with E-state index in [-0.39, 0.29) is 5.41 Å². The minimum absolute atomic E-state index is 0.000651. The Hall–Kier alpha value is -4.99. The third-order valence-electron chi connectivity index (χ3n) is 9.95. The normalized spacial score (nSPS) is 13.3. The molecule has 0 radical (unpaired) electrons. The summed E-state index contributed by atoms with van der Waals surface area (Å²) in [6.07, 6.45) is 8.15. The Morgan fingerprint density at radius 2 is 1.50 bits per heavy atom. The number of hydrogen-bond acceptors (Lipinski definition) is 2. The van der Waals surface area contributed by atoms with E-state index >= 15 is 0 Å². The van der Waals surface area contributed by atoms with E-state index in [0.717, 1.165) is 62.8 Å². The monoisotopic (exact) mass is 831 g/mol. The molecule has 4 aliphatic rings. The fourth-order valence-electron chi connectivity index (χ4n) is 7.20. The summed E-state index contributed by atoms with van der Waals surface area (Å²) in [6, 6.07) is 44.0. The van der Waals surface area contributed by atoms with E-state index in [1.54, 1.807) is 0 Å². The number of pyridine rings is 2. The zero-order valence-electron chi connectivity index (χ0n) is 28.3. The Morgan fingerprint density at radius 1 is 0.720 bits per heavy atom. The Bertz CT molecular complexity index is 2640. The van der Waals surface area contributed by atoms with Crippen LogP contribution in [0.15, 0.2) is 116 Å². The maximum atomic E-state index is 6.53. The molecule has 5 nitrogen and oxygen atoms in total. The molecule has 2 aliphatic heterocycles. The molecule has 0 saturated carbocycles. The van der Waals surface area contributed by atoms with Crippen molar-refractivity contribution in [3.05, 3.63) is 159 Å². The molecule has 8 aromatic rings. The van der Waals surface area contributed by atoms with Gasteiger partial charge in [0.05, 0.1) is 0 Å². The van der Waals surface area contributed by atoms with Gasteiger partial charge in [0.25, 0.3) is 0 Å². The van der Waals surface area contributed by atoms with E-state index in [2.05, 4.69) is 157 Å². The van der Waals surface area contributed by atoms with Crippen molar-refractivity contribution in [3.8, 4) is 23.0 Å². The van der Waals surface area contributed by atoms with Gasteiger partial charge in [0.2, 0.25) is 0 Å². The molecule has 0 unspecified atom stereocenters. The van der Waals surface area contributed by atoms with E-state index in [9.17, 15) is 0 Å². The van der Waals surface area contributed by atoms with Crippen LogP contribution < -0.4 is 4.74 Å². The van der Waals surface area contributed by atoms with Gasteiger partial charge in [-0.1, -0.05) is 32.9 Å². The molecule has 2 aliphatic carbocycles. The number of ether oxygens (including phenoxy) is 1. The molecule has 250 valence electrons. The molecule has 4 aromatic heterocycles. The fraction of sp³-hybridized carbons (Fsp3) is 0.182. The van der Waals surface area contributed by atoms with Crippen LogP contribution in [0.2, 0.25) is 0 Å². The summed E-state index contributed by atoms with van der Waals surface area (Å²) < 4.78 is 14.5. The molecular weight excluding hydrogens is 796 g/mol. The number of imidazole rings is 1. The standard InChI is InChI=1S/C44H36N4O.Pt/c1-44(2,3)33-23-24-45-43(25-33)48-40-10-5-4-9-38(40)39-22-21-37(27-41(39)48)49-36-8-6-7-35(26-36)46-28-42-32-17-15-30-11-13-31(14-12-30)16-19-34(20-18-32)47(42)29-46;/h4-14,18,20-25,28H,15-17,19H2,1-3H3;/q-2;. The van der Waals surface area contributed by atoms with Crippen LogP contribution in [0.4, 0.5) is 0 Å². The molecule has 6 heteroatoms. The van der Waals surface area contributed by atoms with Crippen LogP contribution in [0.3, 0.4) is 0 Å². The Morgan fingerprint density at radius 3 is 2.32 bits per heavy atom. The molecule has 12 rings (SSSR count). The van der Waals surface area contributed by atoms with E-state index < -0.39 is 0 Å². The predicted octanol–water partition coefficient (Wildman–Crippen LogP) is 9.87. The quantitative estimate of drug-likeness (QED) is 0.166. The van der Waals surface area contributed by atoms with Gasteiger partial charge in [-0.3, -0.25) is 0 Å². The summed E-state index contributed by atoms with van der Waals surface area (Å²) in [5.74, 6) is 2.14. The van der Waals surface area contributed by atoms with Gasteiger partial charge < -0.3 is 0 Å². The molecule has 0 amide bonds. The average Bonchev–Trinajstić information content (AvgIpc) is 3.64. The zero-order valence-corrected chi connectivity index (χ0v) is 30.6. The van der Waals surface area contributed by atoms with Gasteiger partial charge >= 0.3 is 248 Å². The molecule has 0 spiro atoms. The molecular formula is C44H36N4OPt-2. The van der Waals surface area contributed by atoms with Crippen molar-refractivity contribution in [2.45, 2.75) is 51.9 Å². The topological polar surface area (TPSA) is 36.4 Å². The van der Waals surface area contributed by atoms with Crippen molar-refractivity contribution in [2.75, 3.05) is 0 Å². The van der Waals surface area contributed by atoms with Crippen molar-refractivity contribution < 1.29 is 24.1 Å². The molecule has 0 N–H and O–H groups in total. The van der Waals surface area contributed by atoms with Crippen molar-refractivity contribution in [1.82, 2.24) is 18.5 Å². The number of benzene rings is 4. The third-order valence-corrected chi connectivity index (χ3v) is 11.0. The fourth-order valence-corrected chi connectivity index (χ4v) is 8.22. The van der Waals surface area contributed by atoms with Crippen molar-refractivity contribution in [3.63, 3.8) is 0 Å². The minimum atomic E-state index is 0.000651. The second-order valence-electron chi connectivity index (χ2n) is 14.2. The first kappa shape index (κ1) is 31.0. The van der Waals surface area contributed by atoms with Crippen molar-refractivity contribution in [1.29, 1.82) is 0 Å². The second-order valence-corrected chi connectivity index (χ2v) is 15.2. The number of rotatable bonds is 4. The first-order chi connectivity index (χ1) is 24.3. The van der Waals surface area contributed by atoms with Crippen LogP contribution in [0.1, 0.15) is 48.7 Å². The van der Waals surface area contributed by atoms with Gasteiger partial charge in [-0.05, 0) is 17.0 Å². The van der Waals surface area contributed by atoms with Crippen LogP contribution >= 0.6 is 0 Å². The molecule has 4 bridgehead atoms. The first-order valence-corrected chi connectivity index (χ1v) is 18.3. The Labute approximate surface area is 302 Å². The summed E-state index contributed by atoms with van der Waals surface area (Å²) in [4.78, 5) is 4.82. The summed E-state index contributed by atoms with van der Waals surface area (Å²) in [5, 5.41) is 2.27. The van der Waals surface area contributed by atoms with E-state index in [1.165, 1.54) is 33.5 Å². The summed E-state index contributed by atoms with van der Waals surface area (Å²) in [5.41, 5.74) is 10.9. The van der Waals surface area contributed by atoms with Gasteiger partial charge in [0.15, 0.2) is 0 Å². The molecule has 50 heavy (non-hydrogen) atoms. The van der Waals surface area contributed by atoms with E-state index in [4.69, 9.17) is 9.72 Å². The van der Waals surface area contributed by atoms with Gasteiger partial charge in [-0.25, -0.2) is 0 Å². The number of para-hydroxylation sites is 1. The van der Waals surface area contributed by atoms with Crippen LogP contribution in [0, 0.1) is 15.9 Å². The number of fused-ring (bicyclic) bond motifs is 3. The molecule has 4 aromatic carbocycles. The summed E-state index contributed by atoms with van der Waals surface area (Å²) in [6.45, 7) is 6.69. The van der Waals surface area contributed by atoms with Gasteiger partial charge in [0, 0.05) is 6.20 Å².